The highest BCUT2D eigenvalue weighted by molar-refractivity contribution is 6.07. The molecule has 0 atom stereocenters. The zero-order valence-corrected chi connectivity index (χ0v) is 15.6. The maximum absolute atomic E-state index is 12.5. The van der Waals surface area contributed by atoms with E-state index in [4.69, 9.17) is 0 Å². The van der Waals surface area contributed by atoms with Crippen molar-refractivity contribution >= 4 is 17.2 Å². The number of imidazole rings is 1. The SMILES string of the molecule is Cc1nn(C)c(C)c1CNc1ccc(C(=O)c2nccn2C)cc1[N+](=O)[O-]. The molecule has 0 saturated heterocycles. The molecule has 1 N–H and O–H groups in total. The molecule has 2 heterocycles. The van der Waals surface area contributed by atoms with Gasteiger partial charge in [-0.2, -0.15) is 5.10 Å². The van der Waals surface area contributed by atoms with Gasteiger partial charge in [0.15, 0.2) is 5.82 Å². The summed E-state index contributed by atoms with van der Waals surface area (Å²) in [5.74, 6) is -0.136. The van der Waals surface area contributed by atoms with Gasteiger partial charge >= 0.3 is 0 Å². The lowest BCUT2D eigenvalue weighted by molar-refractivity contribution is -0.384. The van der Waals surface area contributed by atoms with Crippen LogP contribution in [0.4, 0.5) is 11.4 Å². The average Bonchev–Trinajstić information content (AvgIpc) is 3.16. The predicted octanol–water partition coefficient (Wildman–Crippen LogP) is 2.52. The van der Waals surface area contributed by atoms with E-state index < -0.39 is 4.92 Å². The fourth-order valence-corrected chi connectivity index (χ4v) is 2.94. The Morgan fingerprint density at radius 1 is 1.30 bits per heavy atom. The summed E-state index contributed by atoms with van der Waals surface area (Å²) < 4.78 is 3.35. The predicted molar refractivity (Wildman–Crippen MR) is 99.7 cm³/mol. The number of aryl methyl sites for hydroxylation is 3. The second-order valence-corrected chi connectivity index (χ2v) is 6.31. The molecule has 3 rings (SSSR count). The standard InChI is InChI=1S/C18H20N6O3/c1-11-14(12(2)23(4)21-11)10-20-15-6-5-13(9-16(15)24(26)27)17(25)18-19-7-8-22(18)3/h5-9,20H,10H2,1-4H3. The molecule has 0 aliphatic carbocycles. The van der Waals surface area contributed by atoms with Gasteiger partial charge in [-0.1, -0.05) is 0 Å². The van der Waals surface area contributed by atoms with Gasteiger partial charge in [0.25, 0.3) is 5.69 Å². The summed E-state index contributed by atoms with van der Waals surface area (Å²) in [5.41, 5.74) is 3.25. The summed E-state index contributed by atoms with van der Waals surface area (Å²) in [7, 11) is 3.55. The summed E-state index contributed by atoms with van der Waals surface area (Å²) in [6, 6.07) is 4.40. The third-order valence-corrected chi connectivity index (χ3v) is 4.60. The number of nitrogens with one attached hydrogen (secondary N) is 1. The van der Waals surface area contributed by atoms with Crippen LogP contribution in [-0.2, 0) is 20.6 Å². The van der Waals surface area contributed by atoms with Crippen LogP contribution in [0.1, 0.15) is 33.1 Å². The van der Waals surface area contributed by atoms with E-state index in [-0.39, 0.29) is 22.9 Å². The molecule has 2 aromatic heterocycles. The molecule has 9 nitrogen and oxygen atoms in total. The molecule has 0 fully saturated rings. The largest absolute Gasteiger partial charge is 0.375 e. The van der Waals surface area contributed by atoms with Crippen molar-refractivity contribution in [2.24, 2.45) is 14.1 Å². The van der Waals surface area contributed by atoms with Crippen LogP contribution in [0.3, 0.4) is 0 Å². The van der Waals surface area contributed by atoms with Crippen molar-refractivity contribution in [3.8, 4) is 0 Å². The number of nitro benzene ring substituents is 1. The Hall–Kier alpha value is -3.49. The molecule has 1 aromatic carbocycles. The topological polar surface area (TPSA) is 108 Å². The molecule has 0 bridgehead atoms. The number of nitrogens with zero attached hydrogens (tertiary/aromatic N) is 5. The van der Waals surface area contributed by atoms with Crippen LogP contribution in [-0.4, -0.2) is 30.0 Å². The van der Waals surface area contributed by atoms with Crippen molar-refractivity contribution in [3.63, 3.8) is 0 Å². The van der Waals surface area contributed by atoms with E-state index in [1.807, 2.05) is 20.9 Å². The fraction of sp³-hybridized carbons (Fsp3) is 0.278. The van der Waals surface area contributed by atoms with E-state index in [1.165, 1.54) is 12.3 Å². The van der Waals surface area contributed by atoms with E-state index in [2.05, 4.69) is 15.4 Å². The van der Waals surface area contributed by atoms with Gasteiger partial charge in [0.1, 0.15) is 5.69 Å². The first-order chi connectivity index (χ1) is 12.8. The molecule has 0 radical (unpaired) electrons. The summed E-state index contributed by atoms with van der Waals surface area (Å²) in [5, 5.41) is 19.0. The number of carbonyl (C=O) groups excluding carboxylic acids is 1. The minimum absolute atomic E-state index is 0.158. The van der Waals surface area contributed by atoms with E-state index in [0.717, 1.165) is 17.0 Å². The van der Waals surface area contributed by atoms with Crippen LogP contribution < -0.4 is 5.32 Å². The third-order valence-electron chi connectivity index (χ3n) is 4.60. The third kappa shape index (κ3) is 3.43. The van der Waals surface area contributed by atoms with Gasteiger partial charge in [0.05, 0.1) is 10.6 Å². The summed E-state index contributed by atoms with van der Waals surface area (Å²) in [6.07, 6.45) is 3.16. The first-order valence-corrected chi connectivity index (χ1v) is 8.33. The minimum Gasteiger partial charge on any atom is -0.375 e. The van der Waals surface area contributed by atoms with Crippen molar-refractivity contribution in [2.75, 3.05) is 5.32 Å². The normalized spacial score (nSPS) is 10.8. The number of anilines is 1. The molecule has 0 aliphatic rings. The molecular weight excluding hydrogens is 348 g/mol. The molecule has 0 spiro atoms. The van der Waals surface area contributed by atoms with E-state index in [1.54, 1.807) is 34.6 Å². The maximum atomic E-state index is 12.5. The van der Waals surface area contributed by atoms with Gasteiger partial charge in [-0.25, -0.2) is 4.98 Å². The molecule has 3 aromatic rings. The van der Waals surface area contributed by atoms with Gasteiger partial charge in [-0.05, 0) is 26.0 Å². The number of nitro groups is 1. The summed E-state index contributed by atoms with van der Waals surface area (Å²) in [6.45, 7) is 4.24. The van der Waals surface area contributed by atoms with E-state index in [0.29, 0.717) is 12.2 Å². The smallest absolute Gasteiger partial charge is 0.293 e. The van der Waals surface area contributed by atoms with Gasteiger partial charge in [-0.3, -0.25) is 19.6 Å². The van der Waals surface area contributed by atoms with Gasteiger partial charge in [0.2, 0.25) is 5.78 Å². The summed E-state index contributed by atoms with van der Waals surface area (Å²) >= 11 is 0. The van der Waals surface area contributed by atoms with E-state index >= 15 is 0 Å². The highest BCUT2D eigenvalue weighted by Crippen LogP contribution is 2.27. The number of aromatic nitrogens is 4. The van der Waals surface area contributed by atoms with Gasteiger partial charge in [-0.15, -0.1) is 0 Å². The quantitative estimate of drug-likeness (QED) is 0.407. The van der Waals surface area contributed by atoms with Crippen LogP contribution in [0.25, 0.3) is 0 Å². The lowest BCUT2D eigenvalue weighted by atomic mass is 10.1. The molecule has 27 heavy (non-hydrogen) atoms. The van der Waals surface area contributed by atoms with Crippen LogP contribution >= 0.6 is 0 Å². The monoisotopic (exact) mass is 368 g/mol. The Kier molecular flexibility index (Phi) is 4.76. The maximum Gasteiger partial charge on any atom is 0.293 e. The first-order valence-electron chi connectivity index (χ1n) is 8.33. The van der Waals surface area contributed by atoms with Crippen molar-refractivity contribution in [1.29, 1.82) is 0 Å². The van der Waals surface area contributed by atoms with E-state index in [9.17, 15) is 14.9 Å². The zero-order valence-electron chi connectivity index (χ0n) is 15.6. The lowest BCUT2D eigenvalue weighted by Crippen LogP contribution is -2.10. The molecule has 0 unspecified atom stereocenters. The Labute approximate surface area is 155 Å². The number of benzene rings is 1. The fourth-order valence-electron chi connectivity index (χ4n) is 2.94. The zero-order chi connectivity index (χ0) is 19.7. The van der Waals surface area contributed by atoms with Crippen molar-refractivity contribution in [3.05, 3.63) is 69.0 Å². The minimum atomic E-state index is -0.500. The Bertz CT molecular complexity index is 1030. The Balaban J connectivity index is 1.89. The van der Waals surface area contributed by atoms with Crippen molar-refractivity contribution in [1.82, 2.24) is 19.3 Å². The number of hydrogen-bond donors (Lipinski definition) is 1. The Morgan fingerprint density at radius 3 is 2.59 bits per heavy atom. The second kappa shape index (κ2) is 7.02. The molecule has 140 valence electrons. The average molecular weight is 368 g/mol. The van der Waals surface area contributed by atoms with Crippen molar-refractivity contribution in [2.45, 2.75) is 20.4 Å². The van der Waals surface area contributed by atoms with Gasteiger partial charge in [0, 0.05) is 55.9 Å². The van der Waals surface area contributed by atoms with Crippen molar-refractivity contribution < 1.29 is 9.72 Å². The number of rotatable bonds is 6. The number of hydrogen-bond acceptors (Lipinski definition) is 6. The molecule has 0 aliphatic heterocycles. The van der Waals surface area contributed by atoms with Crippen LogP contribution in [0.15, 0.2) is 30.6 Å². The molecule has 0 saturated carbocycles. The lowest BCUT2D eigenvalue weighted by Gasteiger charge is -2.09. The number of carbonyl (C=O) groups is 1. The van der Waals surface area contributed by atoms with Crippen LogP contribution in [0.2, 0.25) is 0 Å². The summed E-state index contributed by atoms with van der Waals surface area (Å²) in [4.78, 5) is 27.6. The molecular formula is C18H20N6O3. The molecule has 0 amide bonds. The first kappa shape index (κ1) is 18.3. The Morgan fingerprint density at radius 2 is 2.04 bits per heavy atom. The molecule has 9 heteroatoms. The second-order valence-electron chi connectivity index (χ2n) is 6.31. The highest BCUT2D eigenvalue weighted by Gasteiger charge is 2.21. The van der Waals surface area contributed by atoms with Crippen LogP contribution in [0, 0.1) is 24.0 Å². The van der Waals surface area contributed by atoms with Gasteiger partial charge < -0.3 is 9.88 Å². The van der Waals surface area contributed by atoms with Crippen LogP contribution in [0.5, 0.6) is 0 Å². The highest BCUT2D eigenvalue weighted by atomic mass is 16.6. The number of ketones is 1.